The van der Waals surface area contributed by atoms with Gasteiger partial charge in [0.05, 0.1) is 35.2 Å². The Kier molecular flexibility index (Phi) is 7.49. The summed E-state index contributed by atoms with van der Waals surface area (Å²) < 4.78 is 12.4. The molecule has 0 saturated carbocycles. The molecule has 2 aromatic heterocycles. The van der Waals surface area contributed by atoms with E-state index in [0.29, 0.717) is 29.8 Å². The van der Waals surface area contributed by atoms with Crippen LogP contribution in [-0.4, -0.2) is 60.0 Å². The molecule has 0 aliphatic rings. The third-order valence-corrected chi connectivity index (χ3v) is 5.32. The second-order valence-corrected chi connectivity index (χ2v) is 7.81. The first-order chi connectivity index (χ1) is 13.9. The number of halogens is 2. The maximum atomic E-state index is 6.49. The molecule has 8 heteroatoms. The first-order valence-corrected chi connectivity index (χ1v) is 10.2. The first kappa shape index (κ1) is 22.0. The zero-order valence-electron chi connectivity index (χ0n) is 17.2. The highest BCUT2D eigenvalue weighted by molar-refractivity contribution is 6.36. The molecular weight excluding hydrogens is 410 g/mol. The van der Waals surface area contributed by atoms with Crippen LogP contribution in [0.4, 0.5) is 0 Å². The summed E-state index contributed by atoms with van der Waals surface area (Å²) in [6.07, 6.45) is 0. The van der Waals surface area contributed by atoms with Crippen molar-refractivity contribution in [1.29, 1.82) is 0 Å². The van der Waals surface area contributed by atoms with Crippen LogP contribution in [0.2, 0.25) is 10.0 Å². The van der Waals surface area contributed by atoms with Gasteiger partial charge in [0.1, 0.15) is 0 Å². The molecule has 0 unspecified atom stereocenters. The van der Waals surface area contributed by atoms with Crippen LogP contribution >= 0.6 is 23.2 Å². The van der Waals surface area contributed by atoms with Crippen molar-refractivity contribution in [1.82, 2.24) is 19.5 Å². The summed E-state index contributed by atoms with van der Waals surface area (Å²) in [5.74, 6) is 0. The SMILES string of the molecule is COCCN(CCO[11CH3])Cc1cc(C)nc2c(-c3ccc(Cl)cc3Cl)c(C)nn12. The Morgan fingerprint density at radius 2 is 1.72 bits per heavy atom. The highest BCUT2D eigenvalue weighted by atomic mass is 35.5. The minimum absolute atomic E-state index is 0.585. The zero-order valence-corrected chi connectivity index (χ0v) is 18.7. The van der Waals surface area contributed by atoms with Crippen molar-refractivity contribution in [3.8, 4) is 11.1 Å². The fourth-order valence-electron chi connectivity index (χ4n) is 3.38. The number of nitrogens with zero attached hydrogens (tertiary/aromatic N) is 4. The van der Waals surface area contributed by atoms with Gasteiger partial charge in [-0.2, -0.15) is 5.10 Å². The molecule has 0 spiro atoms. The lowest BCUT2D eigenvalue weighted by molar-refractivity contribution is 0.109. The van der Waals surface area contributed by atoms with Crippen LogP contribution in [0.3, 0.4) is 0 Å². The van der Waals surface area contributed by atoms with Crippen LogP contribution in [0.25, 0.3) is 16.8 Å². The number of aromatic nitrogens is 3. The van der Waals surface area contributed by atoms with E-state index < -0.39 is 0 Å². The number of rotatable bonds is 9. The third-order valence-electron chi connectivity index (χ3n) is 4.78. The number of methoxy groups -OCH3 is 2. The van der Waals surface area contributed by atoms with Crippen LogP contribution in [0.1, 0.15) is 17.1 Å². The average molecular weight is 436 g/mol. The predicted octanol–water partition coefficient (Wildman–Crippen LogP) is 4.41. The molecule has 0 aliphatic heterocycles. The van der Waals surface area contributed by atoms with Gasteiger partial charge in [0, 0.05) is 50.1 Å². The van der Waals surface area contributed by atoms with E-state index in [9.17, 15) is 0 Å². The molecule has 156 valence electrons. The van der Waals surface area contributed by atoms with E-state index in [2.05, 4.69) is 11.0 Å². The lowest BCUT2D eigenvalue weighted by atomic mass is 10.1. The lowest BCUT2D eigenvalue weighted by Crippen LogP contribution is -2.31. The zero-order chi connectivity index (χ0) is 21.0. The fourth-order valence-corrected chi connectivity index (χ4v) is 3.88. The monoisotopic (exact) mass is 435 g/mol. The van der Waals surface area contributed by atoms with E-state index in [1.807, 2.05) is 30.5 Å². The smallest absolute Gasteiger partial charge is 0.163 e. The summed E-state index contributed by atoms with van der Waals surface area (Å²) in [6.45, 7) is 7.59. The maximum Gasteiger partial charge on any atom is 0.163 e. The topological polar surface area (TPSA) is 51.9 Å². The van der Waals surface area contributed by atoms with Crippen LogP contribution in [0, 0.1) is 13.8 Å². The summed E-state index contributed by atoms with van der Waals surface area (Å²) in [7, 11) is 3.42. The molecule has 0 saturated heterocycles. The Hall–Kier alpha value is -1.70. The number of benzene rings is 1. The van der Waals surface area contributed by atoms with Crippen molar-refractivity contribution < 1.29 is 9.47 Å². The van der Waals surface area contributed by atoms with E-state index in [1.165, 1.54) is 0 Å². The van der Waals surface area contributed by atoms with Gasteiger partial charge in [-0.3, -0.25) is 4.90 Å². The minimum Gasteiger partial charge on any atom is -0.383 e. The van der Waals surface area contributed by atoms with Crippen LogP contribution in [0.5, 0.6) is 0 Å². The quantitative estimate of drug-likeness (QED) is 0.497. The van der Waals surface area contributed by atoms with Gasteiger partial charge in [-0.1, -0.05) is 29.3 Å². The van der Waals surface area contributed by atoms with Crippen molar-refractivity contribution in [2.75, 3.05) is 40.5 Å². The normalized spacial score (nSPS) is 11.7. The van der Waals surface area contributed by atoms with Crippen molar-refractivity contribution in [2.45, 2.75) is 20.4 Å². The van der Waals surface area contributed by atoms with E-state index >= 15 is 0 Å². The van der Waals surface area contributed by atoms with Gasteiger partial charge in [-0.25, -0.2) is 9.50 Å². The number of ether oxygens (including phenoxy) is 2. The van der Waals surface area contributed by atoms with Crippen molar-refractivity contribution in [2.24, 2.45) is 0 Å². The van der Waals surface area contributed by atoms with Gasteiger partial charge in [-0.15, -0.1) is 0 Å². The molecule has 0 radical (unpaired) electrons. The lowest BCUT2D eigenvalue weighted by Gasteiger charge is -2.22. The largest absolute Gasteiger partial charge is 0.383 e. The van der Waals surface area contributed by atoms with Crippen molar-refractivity contribution in [3.63, 3.8) is 0 Å². The molecule has 0 fully saturated rings. The molecule has 0 N–H and O–H groups in total. The summed E-state index contributed by atoms with van der Waals surface area (Å²) in [5, 5.41) is 5.97. The van der Waals surface area contributed by atoms with Crippen LogP contribution in [0.15, 0.2) is 24.3 Å². The van der Waals surface area contributed by atoms with E-state index in [0.717, 1.165) is 46.9 Å². The van der Waals surface area contributed by atoms with Crippen molar-refractivity contribution >= 4 is 28.8 Å². The van der Waals surface area contributed by atoms with Crippen LogP contribution in [-0.2, 0) is 16.0 Å². The van der Waals surface area contributed by atoms with Crippen LogP contribution < -0.4 is 0 Å². The van der Waals surface area contributed by atoms with Gasteiger partial charge in [0.25, 0.3) is 0 Å². The van der Waals surface area contributed by atoms with Crippen molar-refractivity contribution in [3.05, 3.63) is 51.4 Å². The molecule has 29 heavy (non-hydrogen) atoms. The maximum absolute atomic E-state index is 6.49. The fraction of sp³-hybridized carbons (Fsp3) is 0.429. The molecule has 6 nitrogen and oxygen atoms in total. The number of hydrogen-bond donors (Lipinski definition) is 0. The van der Waals surface area contributed by atoms with Gasteiger partial charge in [0.2, 0.25) is 0 Å². The Balaban J connectivity index is 2.06. The number of aryl methyl sites for hydroxylation is 2. The summed E-state index contributed by atoms with van der Waals surface area (Å²) in [4.78, 5) is 7.05. The summed E-state index contributed by atoms with van der Waals surface area (Å²) in [6, 6.07) is 7.57. The summed E-state index contributed by atoms with van der Waals surface area (Å²) in [5.41, 5.74) is 5.45. The molecule has 1 aromatic carbocycles. The van der Waals surface area contributed by atoms with E-state index in [1.54, 1.807) is 20.3 Å². The minimum atomic E-state index is 0.585. The Morgan fingerprint density at radius 1 is 1.03 bits per heavy atom. The Bertz CT molecular complexity index is 982. The van der Waals surface area contributed by atoms with Gasteiger partial charge in [-0.05, 0) is 32.0 Å². The third kappa shape index (κ3) is 5.08. The molecule has 0 amide bonds. The number of hydrogen-bond acceptors (Lipinski definition) is 5. The molecular formula is C21H26Cl2N4O2. The molecule has 3 rings (SSSR count). The first-order valence-electron chi connectivity index (χ1n) is 9.46. The van der Waals surface area contributed by atoms with Gasteiger partial charge >= 0.3 is 0 Å². The highest BCUT2D eigenvalue weighted by Crippen LogP contribution is 2.35. The Labute approximate surface area is 181 Å². The molecule has 2 heterocycles. The molecule has 0 bridgehead atoms. The second-order valence-electron chi connectivity index (χ2n) is 6.97. The van der Waals surface area contributed by atoms with Gasteiger partial charge in [0.15, 0.2) is 5.65 Å². The second kappa shape index (κ2) is 9.87. The molecule has 0 aliphatic carbocycles. The summed E-state index contributed by atoms with van der Waals surface area (Å²) >= 11 is 12.6. The van der Waals surface area contributed by atoms with E-state index in [4.69, 9.17) is 42.8 Å². The standard InChI is InChI=1S/C21H26Cl2N4O2/c1-14-11-17(13-26(7-9-28-3)8-10-29-4)27-21(24-14)20(15(2)25-27)18-6-5-16(22)12-19(18)23/h5-6,11-12H,7-10,13H2,1-4H3/i3-1. The Morgan fingerprint density at radius 3 is 2.34 bits per heavy atom. The number of fused-ring (bicyclic) bond motifs is 1. The average Bonchev–Trinajstić information content (AvgIpc) is 3.00. The highest BCUT2D eigenvalue weighted by Gasteiger charge is 2.19. The molecule has 0 atom stereocenters. The predicted molar refractivity (Wildman–Crippen MR) is 117 cm³/mol. The van der Waals surface area contributed by atoms with Gasteiger partial charge < -0.3 is 9.47 Å². The van der Waals surface area contributed by atoms with E-state index in [-0.39, 0.29) is 0 Å². The molecule has 3 aromatic rings.